The molecule has 3 saturated heterocycles. The van der Waals surface area contributed by atoms with E-state index in [1.165, 1.54) is 4.90 Å². The molecule has 1 spiro atoms. The van der Waals surface area contributed by atoms with E-state index in [0.717, 1.165) is 0 Å². The van der Waals surface area contributed by atoms with Crippen molar-refractivity contribution in [1.82, 2.24) is 4.90 Å². The zero-order valence-corrected chi connectivity index (χ0v) is 27.6. The number of hydrogen-bond donors (Lipinski definition) is 1. The molecule has 240 valence electrons. The van der Waals surface area contributed by atoms with Crippen molar-refractivity contribution in [3.8, 4) is 5.75 Å². The Balaban J connectivity index is 1.62. The Hall–Kier alpha value is -3.47. The van der Waals surface area contributed by atoms with Gasteiger partial charge in [0.1, 0.15) is 17.4 Å². The minimum atomic E-state index is -1.28. The average Bonchev–Trinajstić information content (AvgIpc) is 3.64. The lowest BCUT2D eigenvalue weighted by atomic mass is 9.70. The number of halogens is 1. The number of anilines is 2. The smallest absolute Gasteiger partial charge is 0.253 e. The van der Waals surface area contributed by atoms with Crippen LogP contribution in [0.25, 0.3) is 0 Å². The van der Waals surface area contributed by atoms with Crippen LogP contribution >= 0.6 is 15.9 Å². The van der Waals surface area contributed by atoms with Crippen molar-refractivity contribution in [1.29, 1.82) is 0 Å². The molecule has 7 atom stereocenters. The number of rotatable bonds is 13. The largest absolute Gasteiger partial charge is 0.497 e. The zero-order valence-electron chi connectivity index (χ0n) is 26.1. The molecule has 0 aliphatic carbocycles. The highest BCUT2D eigenvalue weighted by Crippen LogP contribution is 2.61. The number of alkyl halides is 1. The van der Waals surface area contributed by atoms with Gasteiger partial charge in [-0.2, -0.15) is 0 Å². The Morgan fingerprint density at radius 3 is 2.22 bits per heavy atom. The van der Waals surface area contributed by atoms with Gasteiger partial charge in [-0.15, -0.1) is 13.2 Å². The first-order valence-electron chi connectivity index (χ1n) is 15.4. The van der Waals surface area contributed by atoms with E-state index in [1.54, 1.807) is 53.3 Å². The van der Waals surface area contributed by atoms with E-state index in [1.807, 2.05) is 44.2 Å². The van der Waals surface area contributed by atoms with Gasteiger partial charge in [0, 0.05) is 29.3 Å². The second-order valence-electron chi connectivity index (χ2n) is 12.4. The Morgan fingerprint density at radius 2 is 1.67 bits per heavy atom. The fraction of sp³-hybridized carbons (Fsp3) is 0.457. The van der Waals surface area contributed by atoms with Crippen LogP contribution in [0.15, 0.2) is 79.9 Å². The van der Waals surface area contributed by atoms with E-state index >= 15 is 0 Å². The summed E-state index contributed by atoms with van der Waals surface area (Å²) < 4.78 is 12.1. The van der Waals surface area contributed by atoms with Crippen LogP contribution in [0.2, 0.25) is 0 Å². The number of aliphatic hydroxyl groups excluding tert-OH is 1. The first-order chi connectivity index (χ1) is 21.6. The van der Waals surface area contributed by atoms with Gasteiger partial charge in [0.15, 0.2) is 0 Å². The maximum absolute atomic E-state index is 14.9. The SMILES string of the molecule is C=CCN(C(=O)C1N([C@@H](CO)CC(C)C)C(=O)[C@@H]2[C@@H](C(=O)N(CC=C)c3ccccc3)[C@@H]3OC12CC3Br)c1ccc(OC)cc1. The fourth-order valence-corrected chi connectivity index (χ4v) is 8.39. The Morgan fingerprint density at radius 1 is 1.07 bits per heavy atom. The number of amides is 3. The fourth-order valence-electron chi connectivity index (χ4n) is 7.44. The lowest BCUT2D eigenvalue weighted by Crippen LogP contribution is -2.59. The summed E-state index contributed by atoms with van der Waals surface area (Å²) in [5.41, 5.74) is 0.0132. The summed E-state index contributed by atoms with van der Waals surface area (Å²) in [4.78, 5) is 48.6. The number of benzene rings is 2. The van der Waals surface area contributed by atoms with Crippen molar-refractivity contribution in [2.24, 2.45) is 17.8 Å². The molecule has 1 N–H and O–H groups in total. The highest BCUT2D eigenvalue weighted by Gasteiger charge is 2.77. The highest BCUT2D eigenvalue weighted by molar-refractivity contribution is 9.09. The number of aliphatic hydroxyl groups is 1. The maximum atomic E-state index is 14.9. The molecule has 0 saturated carbocycles. The third-order valence-corrected chi connectivity index (χ3v) is 10.0. The summed E-state index contributed by atoms with van der Waals surface area (Å²) in [5, 5.41) is 10.6. The number of fused-ring (bicyclic) bond motifs is 1. The summed E-state index contributed by atoms with van der Waals surface area (Å²) in [6.07, 6.45) is 3.51. The Kier molecular flexibility index (Phi) is 9.86. The molecular weight excluding hydrogens is 638 g/mol. The average molecular weight is 681 g/mol. The molecule has 3 amide bonds. The molecule has 2 aromatic rings. The molecule has 3 unspecified atom stereocenters. The molecule has 9 nitrogen and oxygen atoms in total. The van der Waals surface area contributed by atoms with E-state index in [9.17, 15) is 19.5 Å². The van der Waals surface area contributed by atoms with Crippen LogP contribution in [0.3, 0.4) is 0 Å². The number of hydrogen-bond acceptors (Lipinski definition) is 6. The van der Waals surface area contributed by atoms with Gasteiger partial charge in [-0.1, -0.05) is 60.1 Å². The topological polar surface area (TPSA) is 99.6 Å². The van der Waals surface area contributed by atoms with Gasteiger partial charge in [0.2, 0.25) is 11.8 Å². The molecule has 3 aliphatic rings. The van der Waals surface area contributed by atoms with Crippen LogP contribution < -0.4 is 14.5 Å². The van der Waals surface area contributed by atoms with E-state index in [4.69, 9.17) is 9.47 Å². The summed E-state index contributed by atoms with van der Waals surface area (Å²) in [7, 11) is 1.57. The molecule has 2 bridgehead atoms. The van der Waals surface area contributed by atoms with E-state index < -0.39 is 35.6 Å². The summed E-state index contributed by atoms with van der Waals surface area (Å²) in [6.45, 7) is 11.9. The van der Waals surface area contributed by atoms with Crippen molar-refractivity contribution in [3.63, 3.8) is 0 Å². The Bertz CT molecular complexity index is 1420. The Labute approximate surface area is 273 Å². The van der Waals surface area contributed by atoms with Crippen LogP contribution in [-0.4, -0.2) is 83.2 Å². The molecule has 45 heavy (non-hydrogen) atoms. The van der Waals surface area contributed by atoms with Crippen molar-refractivity contribution >= 4 is 45.0 Å². The highest BCUT2D eigenvalue weighted by atomic mass is 79.9. The van der Waals surface area contributed by atoms with Gasteiger partial charge < -0.3 is 29.3 Å². The predicted molar refractivity (Wildman–Crippen MR) is 177 cm³/mol. The summed E-state index contributed by atoms with van der Waals surface area (Å²) in [5.74, 6) is -1.92. The minimum absolute atomic E-state index is 0.134. The molecule has 0 radical (unpaired) electrons. The molecule has 3 fully saturated rings. The third kappa shape index (κ3) is 5.72. The third-order valence-electron chi connectivity index (χ3n) is 9.20. The van der Waals surface area contributed by atoms with Crippen molar-refractivity contribution in [2.45, 2.75) is 55.3 Å². The maximum Gasteiger partial charge on any atom is 0.253 e. The molecule has 2 aromatic carbocycles. The normalized spacial score (nSPS) is 27.3. The van der Waals surface area contributed by atoms with Gasteiger partial charge in [-0.3, -0.25) is 14.4 Å². The van der Waals surface area contributed by atoms with Crippen molar-refractivity contribution in [3.05, 3.63) is 79.9 Å². The second kappa shape index (κ2) is 13.5. The van der Waals surface area contributed by atoms with Gasteiger partial charge in [0.05, 0.1) is 37.7 Å². The summed E-state index contributed by atoms with van der Waals surface area (Å²) in [6, 6.07) is 14.7. The van der Waals surface area contributed by atoms with Crippen LogP contribution in [0.5, 0.6) is 5.75 Å². The number of carbonyl (C=O) groups excluding carboxylic acids is 3. The van der Waals surface area contributed by atoms with Gasteiger partial charge in [0.25, 0.3) is 5.91 Å². The van der Waals surface area contributed by atoms with E-state index in [2.05, 4.69) is 29.1 Å². The zero-order chi connectivity index (χ0) is 32.5. The van der Waals surface area contributed by atoms with Gasteiger partial charge in [-0.25, -0.2) is 0 Å². The number of ether oxygens (including phenoxy) is 2. The predicted octanol–water partition coefficient (Wildman–Crippen LogP) is 4.59. The standard InChI is InChI=1S/C35H42BrN3O6/c1-6-17-37(23-11-9-8-10-12-23)32(41)28-29-33(42)39(25(21-40)19-22(3)4)31(35(29)20-27(36)30(28)45-35)34(43)38(18-7-2)24-13-15-26(44-5)16-14-24/h6-16,22,25,27-31,40H,1-2,17-21H2,3-5H3/t25-,27?,28-,29+,30-,31?,35?/m1/s1. The summed E-state index contributed by atoms with van der Waals surface area (Å²) >= 11 is 3.77. The van der Waals surface area contributed by atoms with Crippen LogP contribution in [0.1, 0.15) is 26.7 Å². The van der Waals surface area contributed by atoms with E-state index in [-0.39, 0.29) is 48.2 Å². The van der Waals surface area contributed by atoms with Gasteiger partial charge >= 0.3 is 0 Å². The van der Waals surface area contributed by atoms with E-state index in [0.29, 0.717) is 30.0 Å². The lowest BCUT2D eigenvalue weighted by molar-refractivity contribution is -0.144. The van der Waals surface area contributed by atoms with Crippen LogP contribution in [0, 0.1) is 17.8 Å². The molecule has 3 heterocycles. The first kappa shape index (κ1) is 32.9. The number of likely N-dealkylation sites (tertiary alicyclic amines) is 1. The van der Waals surface area contributed by atoms with Crippen molar-refractivity contribution in [2.75, 3.05) is 36.6 Å². The minimum Gasteiger partial charge on any atom is -0.497 e. The van der Waals surface area contributed by atoms with Crippen molar-refractivity contribution < 1.29 is 29.0 Å². The number of methoxy groups -OCH3 is 1. The number of para-hydroxylation sites is 1. The van der Waals surface area contributed by atoms with Crippen LogP contribution in [-0.2, 0) is 19.1 Å². The molecular formula is C35H42BrN3O6. The monoisotopic (exact) mass is 679 g/mol. The molecule has 3 aliphatic heterocycles. The quantitative estimate of drug-likeness (QED) is 0.246. The first-order valence-corrected chi connectivity index (χ1v) is 16.3. The number of carbonyl (C=O) groups is 3. The molecule has 5 rings (SSSR count). The molecule has 10 heteroatoms. The molecule has 0 aromatic heterocycles. The van der Waals surface area contributed by atoms with Crippen LogP contribution in [0.4, 0.5) is 11.4 Å². The number of nitrogens with zero attached hydrogens (tertiary/aromatic N) is 3. The van der Waals surface area contributed by atoms with Gasteiger partial charge in [-0.05, 0) is 55.2 Å². The lowest BCUT2D eigenvalue weighted by Gasteiger charge is -2.40. The second-order valence-corrected chi connectivity index (χ2v) is 13.6.